The Labute approximate surface area is 164 Å². The number of hydrogen-bond acceptors (Lipinski definition) is 3. The molecule has 1 aliphatic rings. The molecule has 0 aromatic heterocycles. The van der Waals surface area contributed by atoms with Crippen molar-refractivity contribution in [1.29, 1.82) is 0 Å². The number of likely N-dealkylation sites (tertiary alicyclic amines) is 1. The number of nitrogens with one attached hydrogen (secondary N) is 1. The SMILES string of the molecule is COC1CCN(C(C(=O)Nc2cc(Cl)cc(Cl)c2)c2ccccc2)CC1. The summed E-state index contributed by atoms with van der Waals surface area (Å²) in [6, 6.07) is 14.5. The van der Waals surface area contributed by atoms with Gasteiger partial charge < -0.3 is 10.1 Å². The first-order valence-corrected chi connectivity index (χ1v) is 9.41. The average Bonchev–Trinajstić information content (AvgIpc) is 2.62. The van der Waals surface area contributed by atoms with E-state index in [1.807, 2.05) is 30.3 Å². The Kier molecular flexibility index (Phi) is 6.54. The van der Waals surface area contributed by atoms with Crippen molar-refractivity contribution in [3.8, 4) is 0 Å². The van der Waals surface area contributed by atoms with Crippen molar-refractivity contribution in [2.75, 3.05) is 25.5 Å². The van der Waals surface area contributed by atoms with E-state index < -0.39 is 0 Å². The molecule has 1 fully saturated rings. The van der Waals surface area contributed by atoms with Crippen molar-refractivity contribution in [2.24, 2.45) is 0 Å². The van der Waals surface area contributed by atoms with Crippen LogP contribution in [0.2, 0.25) is 10.0 Å². The largest absolute Gasteiger partial charge is 0.381 e. The number of piperidine rings is 1. The van der Waals surface area contributed by atoms with Crippen LogP contribution in [0.1, 0.15) is 24.4 Å². The van der Waals surface area contributed by atoms with Crippen molar-refractivity contribution < 1.29 is 9.53 Å². The molecule has 26 heavy (non-hydrogen) atoms. The van der Waals surface area contributed by atoms with E-state index in [4.69, 9.17) is 27.9 Å². The summed E-state index contributed by atoms with van der Waals surface area (Å²) in [5.41, 5.74) is 1.56. The molecule has 6 heteroatoms. The van der Waals surface area contributed by atoms with Crippen molar-refractivity contribution in [3.63, 3.8) is 0 Å². The molecule has 0 aliphatic carbocycles. The third-order valence-corrected chi connectivity index (χ3v) is 5.11. The van der Waals surface area contributed by atoms with Crippen LogP contribution in [0.5, 0.6) is 0 Å². The minimum Gasteiger partial charge on any atom is -0.381 e. The second-order valence-electron chi connectivity index (χ2n) is 6.43. The number of carbonyl (C=O) groups excluding carboxylic acids is 1. The molecular formula is C20H22Cl2N2O2. The van der Waals surface area contributed by atoms with E-state index >= 15 is 0 Å². The summed E-state index contributed by atoms with van der Waals surface area (Å²) < 4.78 is 5.45. The predicted molar refractivity (Wildman–Crippen MR) is 106 cm³/mol. The number of carbonyl (C=O) groups is 1. The lowest BCUT2D eigenvalue weighted by Crippen LogP contribution is -2.43. The lowest BCUT2D eigenvalue weighted by atomic mass is 9.99. The molecule has 1 heterocycles. The van der Waals surface area contributed by atoms with Crippen LogP contribution in [-0.2, 0) is 9.53 Å². The normalized spacial score (nSPS) is 17.0. The van der Waals surface area contributed by atoms with E-state index in [1.165, 1.54) is 0 Å². The number of halogens is 2. The summed E-state index contributed by atoms with van der Waals surface area (Å²) in [7, 11) is 1.74. The summed E-state index contributed by atoms with van der Waals surface area (Å²) in [6.07, 6.45) is 2.09. The van der Waals surface area contributed by atoms with Crippen molar-refractivity contribution in [2.45, 2.75) is 25.0 Å². The molecule has 1 atom stereocenters. The number of ether oxygens (including phenoxy) is 1. The zero-order chi connectivity index (χ0) is 18.5. The molecule has 1 aliphatic heterocycles. The molecule has 0 radical (unpaired) electrons. The number of benzene rings is 2. The number of amides is 1. The maximum absolute atomic E-state index is 13.1. The van der Waals surface area contributed by atoms with Crippen LogP contribution in [0.4, 0.5) is 5.69 Å². The quantitative estimate of drug-likeness (QED) is 0.795. The highest BCUT2D eigenvalue weighted by Crippen LogP contribution is 2.28. The number of anilines is 1. The third kappa shape index (κ3) is 4.77. The van der Waals surface area contributed by atoms with E-state index in [0.717, 1.165) is 31.5 Å². The molecule has 3 rings (SSSR count). The summed E-state index contributed by atoms with van der Waals surface area (Å²) in [5, 5.41) is 3.95. The fraction of sp³-hybridized carbons (Fsp3) is 0.350. The molecule has 0 saturated carbocycles. The Balaban J connectivity index is 1.82. The number of hydrogen-bond donors (Lipinski definition) is 1. The standard InChI is InChI=1S/C20H22Cl2N2O2/c1-26-18-7-9-24(10-8-18)19(14-5-3-2-4-6-14)20(25)23-17-12-15(21)11-16(22)13-17/h2-6,11-13,18-19H,7-10H2,1H3,(H,23,25). The minimum atomic E-state index is -0.369. The Morgan fingerprint density at radius 3 is 2.31 bits per heavy atom. The van der Waals surface area contributed by atoms with Gasteiger partial charge in [0.25, 0.3) is 0 Å². The predicted octanol–water partition coefficient (Wildman–Crippen LogP) is 4.78. The van der Waals surface area contributed by atoms with Crippen molar-refractivity contribution >= 4 is 34.8 Å². The molecule has 2 aromatic rings. The monoisotopic (exact) mass is 392 g/mol. The van der Waals surface area contributed by atoms with Gasteiger partial charge in [0.1, 0.15) is 6.04 Å². The zero-order valence-electron chi connectivity index (χ0n) is 14.6. The fourth-order valence-electron chi connectivity index (χ4n) is 3.37. The summed E-state index contributed by atoms with van der Waals surface area (Å²) >= 11 is 12.1. The molecule has 4 nitrogen and oxygen atoms in total. The molecule has 1 N–H and O–H groups in total. The fourth-order valence-corrected chi connectivity index (χ4v) is 3.90. The molecule has 1 amide bonds. The minimum absolute atomic E-state index is 0.0922. The van der Waals surface area contributed by atoms with Crippen molar-refractivity contribution in [1.82, 2.24) is 4.90 Å². The molecule has 2 aromatic carbocycles. The van der Waals surface area contributed by atoms with Gasteiger partial charge in [-0.05, 0) is 36.6 Å². The van der Waals surface area contributed by atoms with Crippen LogP contribution in [0.15, 0.2) is 48.5 Å². The number of methoxy groups -OCH3 is 1. The first-order chi connectivity index (χ1) is 12.6. The highest BCUT2D eigenvalue weighted by molar-refractivity contribution is 6.35. The van der Waals surface area contributed by atoms with Gasteiger partial charge in [-0.25, -0.2) is 0 Å². The van der Waals surface area contributed by atoms with Crippen LogP contribution < -0.4 is 5.32 Å². The lowest BCUT2D eigenvalue weighted by Gasteiger charge is -2.36. The van der Waals surface area contributed by atoms with E-state index in [2.05, 4.69) is 10.2 Å². The molecular weight excluding hydrogens is 371 g/mol. The smallest absolute Gasteiger partial charge is 0.246 e. The molecule has 1 saturated heterocycles. The van der Waals surface area contributed by atoms with Crippen LogP contribution in [0, 0.1) is 0 Å². The number of rotatable bonds is 5. The highest BCUT2D eigenvalue weighted by atomic mass is 35.5. The molecule has 0 bridgehead atoms. The van der Waals surface area contributed by atoms with Crippen LogP contribution >= 0.6 is 23.2 Å². The second kappa shape index (κ2) is 8.87. The topological polar surface area (TPSA) is 41.6 Å². The van der Waals surface area contributed by atoms with Gasteiger partial charge in [0.15, 0.2) is 0 Å². The van der Waals surface area contributed by atoms with Crippen LogP contribution in [0.3, 0.4) is 0 Å². The van der Waals surface area contributed by atoms with E-state index in [-0.39, 0.29) is 18.1 Å². The van der Waals surface area contributed by atoms with Gasteiger partial charge in [0.2, 0.25) is 5.91 Å². The molecule has 1 unspecified atom stereocenters. The Morgan fingerprint density at radius 1 is 1.12 bits per heavy atom. The van der Waals surface area contributed by atoms with Crippen LogP contribution in [-0.4, -0.2) is 37.1 Å². The van der Waals surface area contributed by atoms with E-state index in [1.54, 1.807) is 25.3 Å². The zero-order valence-corrected chi connectivity index (χ0v) is 16.1. The number of nitrogens with zero attached hydrogens (tertiary/aromatic N) is 1. The average molecular weight is 393 g/mol. The molecule has 138 valence electrons. The summed E-state index contributed by atoms with van der Waals surface area (Å²) in [4.78, 5) is 15.3. The van der Waals surface area contributed by atoms with E-state index in [9.17, 15) is 4.79 Å². The highest BCUT2D eigenvalue weighted by Gasteiger charge is 2.31. The van der Waals surface area contributed by atoms with Gasteiger partial charge in [-0.1, -0.05) is 53.5 Å². The van der Waals surface area contributed by atoms with Gasteiger partial charge >= 0.3 is 0 Å². The first-order valence-electron chi connectivity index (χ1n) is 8.65. The second-order valence-corrected chi connectivity index (χ2v) is 7.30. The maximum atomic E-state index is 13.1. The third-order valence-electron chi connectivity index (χ3n) is 4.67. The van der Waals surface area contributed by atoms with Crippen LogP contribution in [0.25, 0.3) is 0 Å². The van der Waals surface area contributed by atoms with Gasteiger partial charge in [-0.3, -0.25) is 9.69 Å². The molecule has 0 spiro atoms. The van der Waals surface area contributed by atoms with Gasteiger partial charge in [0, 0.05) is 35.9 Å². The lowest BCUT2D eigenvalue weighted by molar-refractivity contribution is -0.122. The Bertz CT molecular complexity index is 726. The van der Waals surface area contributed by atoms with Gasteiger partial charge in [-0.2, -0.15) is 0 Å². The Morgan fingerprint density at radius 2 is 1.73 bits per heavy atom. The van der Waals surface area contributed by atoms with Gasteiger partial charge in [-0.15, -0.1) is 0 Å². The maximum Gasteiger partial charge on any atom is 0.246 e. The summed E-state index contributed by atoms with van der Waals surface area (Å²) in [6.45, 7) is 1.61. The Hall–Kier alpha value is -1.59. The summed E-state index contributed by atoms with van der Waals surface area (Å²) in [5.74, 6) is -0.0922. The first kappa shape index (κ1) is 19.2. The van der Waals surface area contributed by atoms with E-state index in [0.29, 0.717) is 15.7 Å². The van der Waals surface area contributed by atoms with Gasteiger partial charge in [0.05, 0.1) is 6.10 Å². The van der Waals surface area contributed by atoms with Crippen molar-refractivity contribution in [3.05, 3.63) is 64.1 Å².